The molecule has 0 aliphatic rings. The van der Waals surface area contributed by atoms with Gasteiger partial charge in [0.2, 0.25) is 0 Å². The van der Waals surface area contributed by atoms with Crippen LogP contribution < -0.4 is 10.1 Å². The summed E-state index contributed by atoms with van der Waals surface area (Å²) in [4.78, 5) is 16.6. The first-order chi connectivity index (χ1) is 12.3. The first-order valence-corrected chi connectivity index (χ1v) is 8.63. The van der Waals surface area contributed by atoms with Crippen LogP contribution in [0.4, 0.5) is 5.69 Å². The summed E-state index contributed by atoms with van der Waals surface area (Å²) < 4.78 is 6.83. The van der Waals surface area contributed by atoms with E-state index in [1.54, 1.807) is 41.1 Å². The SMILES string of the molecule is O=C(Nc1ccc2scnc2c1)c1ccc(Oc2ccccc2)cc1. The molecule has 0 unspecified atom stereocenters. The number of thiazole rings is 1. The third kappa shape index (κ3) is 3.51. The lowest BCUT2D eigenvalue weighted by molar-refractivity contribution is 0.102. The minimum Gasteiger partial charge on any atom is -0.457 e. The third-order valence-corrected chi connectivity index (χ3v) is 4.49. The highest BCUT2D eigenvalue weighted by molar-refractivity contribution is 7.16. The molecule has 0 saturated carbocycles. The van der Waals surface area contributed by atoms with E-state index in [9.17, 15) is 4.79 Å². The van der Waals surface area contributed by atoms with E-state index in [-0.39, 0.29) is 5.91 Å². The van der Waals surface area contributed by atoms with Gasteiger partial charge in [-0.1, -0.05) is 18.2 Å². The molecule has 1 aromatic heterocycles. The fourth-order valence-corrected chi connectivity index (χ4v) is 3.10. The van der Waals surface area contributed by atoms with E-state index in [0.29, 0.717) is 11.3 Å². The first-order valence-electron chi connectivity index (χ1n) is 7.75. The van der Waals surface area contributed by atoms with Crippen molar-refractivity contribution in [2.24, 2.45) is 0 Å². The van der Waals surface area contributed by atoms with Crippen molar-refractivity contribution in [1.82, 2.24) is 4.98 Å². The average molecular weight is 346 g/mol. The Balaban J connectivity index is 1.46. The molecule has 0 bridgehead atoms. The molecule has 1 heterocycles. The largest absolute Gasteiger partial charge is 0.457 e. The highest BCUT2D eigenvalue weighted by Gasteiger charge is 2.08. The molecule has 4 rings (SSSR count). The first kappa shape index (κ1) is 15.4. The van der Waals surface area contributed by atoms with Crippen molar-refractivity contribution in [2.75, 3.05) is 5.32 Å². The molecule has 0 radical (unpaired) electrons. The van der Waals surface area contributed by atoms with Crippen LogP contribution in [0.2, 0.25) is 0 Å². The monoisotopic (exact) mass is 346 g/mol. The van der Waals surface area contributed by atoms with Crippen LogP contribution in [0.3, 0.4) is 0 Å². The van der Waals surface area contributed by atoms with Crippen LogP contribution in [0.15, 0.2) is 78.3 Å². The molecule has 0 aliphatic heterocycles. The van der Waals surface area contributed by atoms with Gasteiger partial charge in [-0.25, -0.2) is 4.98 Å². The summed E-state index contributed by atoms with van der Waals surface area (Å²) in [6.45, 7) is 0. The van der Waals surface area contributed by atoms with E-state index in [4.69, 9.17) is 4.74 Å². The molecule has 0 atom stereocenters. The Morgan fingerprint density at radius 3 is 2.48 bits per heavy atom. The number of nitrogens with one attached hydrogen (secondary N) is 1. The molecule has 0 fully saturated rings. The number of para-hydroxylation sites is 1. The van der Waals surface area contributed by atoms with Crippen LogP contribution in [0.25, 0.3) is 10.2 Å². The topological polar surface area (TPSA) is 51.2 Å². The number of benzene rings is 3. The van der Waals surface area contributed by atoms with Crippen molar-refractivity contribution in [3.05, 3.63) is 83.9 Å². The number of rotatable bonds is 4. The minimum absolute atomic E-state index is 0.166. The van der Waals surface area contributed by atoms with Crippen molar-refractivity contribution in [3.8, 4) is 11.5 Å². The molecule has 122 valence electrons. The molecular formula is C20H14N2O2S. The Labute approximate surface area is 148 Å². The highest BCUT2D eigenvalue weighted by atomic mass is 32.1. The van der Waals surface area contributed by atoms with Crippen molar-refractivity contribution in [1.29, 1.82) is 0 Å². The van der Waals surface area contributed by atoms with E-state index in [1.165, 1.54) is 0 Å². The van der Waals surface area contributed by atoms with E-state index in [0.717, 1.165) is 21.7 Å². The van der Waals surface area contributed by atoms with E-state index < -0.39 is 0 Å². The van der Waals surface area contributed by atoms with E-state index >= 15 is 0 Å². The maximum Gasteiger partial charge on any atom is 0.255 e. The molecule has 5 heteroatoms. The van der Waals surface area contributed by atoms with Crippen molar-refractivity contribution >= 4 is 33.1 Å². The van der Waals surface area contributed by atoms with E-state index in [1.807, 2.05) is 48.5 Å². The minimum atomic E-state index is -0.166. The lowest BCUT2D eigenvalue weighted by Gasteiger charge is -2.08. The van der Waals surface area contributed by atoms with E-state index in [2.05, 4.69) is 10.3 Å². The number of aromatic nitrogens is 1. The second-order valence-electron chi connectivity index (χ2n) is 5.43. The average Bonchev–Trinajstić information content (AvgIpc) is 3.11. The van der Waals surface area contributed by atoms with Gasteiger partial charge in [-0.15, -0.1) is 11.3 Å². The van der Waals surface area contributed by atoms with Gasteiger partial charge in [-0.2, -0.15) is 0 Å². The summed E-state index contributed by atoms with van der Waals surface area (Å²) in [6, 6.07) is 22.3. The molecule has 4 nitrogen and oxygen atoms in total. The Morgan fingerprint density at radius 2 is 1.68 bits per heavy atom. The number of hydrogen-bond donors (Lipinski definition) is 1. The predicted molar refractivity (Wildman–Crippen MR) is 101 cm³/mol. The molecule has 4 aromatic rings. The summed E-state index contributed by atoms with van der Waals surface area (Å²) in [7, 11) is 0. The van der Waals surface area contributed by atoms with Crippen LogP contribution in [-0.2, 0) is 0 Å². The molecule has 0 aliphatic carbocycles. The maximum atomic E-state index is 12.4. The van der Waals surface area contributed by atoms with Gasteiger partial charge in [0.1, 0.15) is 11.5 Å². The van der Waals surface area contributed by atoms with Crippen LogP contribution >= 0.6 is 11.3 Å². The Bertz CT molecular complexity index is 1010. The summed E-state index contributed by atoms with van der Waals surface area (Å²) in [5.41, 5.74) is 3.98. The zero-order valence-electron chi connectivity index (χ0n) is 13.2. The van der Waals surface area contributed by atoms with Crippen molar-refractivity contribution in [2.45, 2.75) is 0 Å². The number of amides is 1. The van der Waals surface area contributed by atoms with Gasteiger partial charge in [0.15, 0.2) is 0 Å². The summed E-state index contributed by atoms with van der Waals surface area (Å²) in [5, 5.41) is 2.89. The third-order valence-electron chi connectivity index (χ3n) is 3.68. The number of carbonyl (C=O) groups excluding carboxylic acids is 1. The van der Waals surface area contributed by atoms with Gasteiger partial charge in [-0.3, -0.25) is 4.79 Å². The van der Waals surface area contributed by atoms with Gasteiger partial charge in [0.25, 0.3) is 5.91 Å². The van der Waals surface area contributed by atoms with Gasteiger partial charge in [0, 0.05) is 11.3 Å². The van der Waals surface area contributed by atoms with Crippen LogP contribution in [0, 0.1) is 0 Å². The Kier molecular flexibility index (Phi) is 4.14. The van der Waals surface area contributed by atoms with Crippen molar-refractivity contribution < 1.29 is 9.53 Å². The number of anilines is 1. The number of carbonyl (C=O) groups is 1. The summed E-state index contributed by atoms with van der Waals surface area (Å²) in [5.74, 6) is 1.28. The maximum absolute atomic E-state index is 12.4. The van der Waals surface area contributed by atoms with Crippen LogP contribution in [0.1, 0.15) is 10.4 Å². The molecule has 0 spiro atoms. The molecule has 1 N–H and O–H groups in total. The fourth-order valence-electron chi connectivity index (χ4n) is 2.44. The standard InChI is InChI=1S/C20H14N2O2S/c23-20(22-15-8-11-19-18(12-15)21-13-25-19)14-6-9-17(10-7-14)24-16-4-2-1-3-5-16/h1-13H,(H,22,23). The Hall–Kier alpha value is -3.18. The second kappa shape index (κ2) is 6.75. The quantitative estimate of drug-likeness (QED) is 0.542. The van der Waals surface area contributed by atoms with Gasteiger partial charge >= 0.3 is 0 Å². The second-order valence-corrected chi connectivity index (χ2v) is 6.31. The number of hydrogen-bond acceptors (Lipinski definition) is 4. The molecule has 1 amide bonds. The molecule has 0 saturated heterocycles. The number of nitrogens with zero attached hydrogens (tertiary/aromatic N) is 1. The molecular weight excluding hydrogens is 332 g/mol. The normalized spacial score (nSPS) is 10.6. The van der Waals surface area contributed by atoms with Crippen LogP contribution in [-0.4, -0.2) is 10.9 Å². The van der Waals surface area contributed by atoms with Gasteiger partial charge < -0.3 is 10.1 Å². The molecule has 3 aromatic carbocycles. The summed E-state index contributed by atoms with van der Waals surface area (Å²) in [6.07, 6.45) is 0. The van der Waals surface area contributed by atoms with Crippen LogP contribution in [0.5, 0.6) is 11.5 Å². The zero-order valence-corrected chi connectivity index (χ0v) is 14.0. The van der Waals surface area contributed by atoms with Gasteiger partial charge in [-0.05, 0) is 54.6 Å². The Morgan fingerprint density at radius 1 is 0.920 bits per heavy atom. The number of fused-ring (bicyclic) bond motifs is 1. The lowest BCUT2D eigenvalue weighted by atomic mass is 10.2. The van der Waals surface area contributed by atoms with Crippen molar-refractivity contribution in [3.63, 3.8) is 0 Å². The predicted octanol–water partition coefficient (Wildman–Crippen LogP) is 5.34. The lowest BCUT2D eigenvalue weighted by Crippen LogP contribution is -2.11. The summed E-state index contributed by atoms with van der Waals surface area (Å²) >= 11 is 1.58. The zero-order chi connectivity index (χ0) is 17.1. The number of ether oxygens (including phenoxy) is 1. The van der Waals surface area contributed by atoms with Gasteiger partial charge in [0.05, 0.1) is 15.7 Å². The molecule has 25 heavy (non-hydrogen) atoms. The highest BCUT2D eigenvalue weighted by Crippen LogP contribution is 2.23. The smallest absolute Gasteiger partial charge is 0.255 e. The fraction of sp³-hybridized carbons (Fsp3) is 0.